The van der Waals surface area contributed by atoms with E-state index < -0.39 is 0 Å². The fourth-order valence-electron chi connectivity index (χ4n) is 3.95. The first-order chi connectivity index (χ1) is 16.5. The molecule has 0 aliphatic carbocycles. The first-order valence-corrected chi connectivity index (χ1v) is 12.7. The molecule has 1 aliphatic rings. The van der Waals surface area contributed by atoms with Crippen molar-refractivity contribution in [2.45, 2.75) is 51.2 Å². The fourth-order valence-corrected chi connectivity index (χ4v) is 4.78. The van der Waals surface area contributed by atoms with Crippen LogP contribution in [0.4, 0.5) is 11.6 Å². The summed E-state index contributed by atoms with van der Waals surface area (Å²) in [7, 11) is 0. The van der Waals surface area contributed by atoms with Gasteiger partial charge in [0.2, 0.25) is 11.9 Å². The van der Waals surface area contributed by atoms with Gasteiger partial charge in [-0.25, -0.2) is 0 Å². The number of hydrogen-bond acceptors (Lipinski definition) is 7. The van der Waals surface area contributed by atoms with Crippen molar-refractivity contribution in [3.05, 3.63) is 54.0 Å². The molecule has 1 amide bonds. The van der Waals surface area contributed by atoms with Gasteiger partial charge in [-0.2, -0.15) is 0 Å². The van der Waals surface area contributed by atoms with Crippen LogP contribution in [0.1, 0.15) is 55.6 Å². The molecule has 9 heteroatoms. The molecule has 1 aromatic carbocycles. The van der Waals surface area contributed by atoms with Gasteiger partial charge in [-0.05, 0) is 61.6 Å². The topological polar surface area (TPSA) is 93.3 Å². The van der Waals surface area contributed by atoms with E-state index in [0.29, 0.717) is 35.3 Å². The van der Waals surface area contributed by atoms with Gasteiger partial charge in [-0.3, -0.25) is 14.2 Å². The molecule has 2 aromatic heterocycles. The molecule has 4 rings (SSSR count). The van der Waals surface area contributed by atoms with Crippen molar-refractivity contribution in [2.75, 3.05) is 29.1 Å². The van der Waals surface area contributed by atoms with Gasteiger partial charge in [-0.15, -0.1) is 10.2 Å². The Balaban J connectivity index is 1.41. The Morgan fingerprint density at radius 2 is 1.85 bits per heavy atom. The summed E-state index contributed by atoms with van der Waals surface area (Å²) in [6.45, 7) is 6.45. The van der Waals surface area contributed by atoms with Gasteiger partial charge in [0.1, 0.15) is 5.76 Å². The fraction of sp³-hybridized carbons (Fsp3) is 0.440. The van der Waals surface area contributed by atoms with Crippen LogP contribution < -0.4 is 10.2 Å². The third-order valence-electron chi connectivity index (χ3n) is 5.65. The van der Waals surface area contributed by atoms with Gasteiger partial charge in [0, 0.05) is 30.8 Å². The van der Waals surface area contributed by atoms with E-state index in [1.807, 2.05) is 30.5 Å². The second-order valence-electron chi connectivity index (χ2n) is 8.93. The lowest BCUT2D eigenvalue weighted by Crippen LogP contribution is -2.32. The molecule has 0 saturated carbocycles. The Morgan fingerprint density at radius 1 is 1.09 bits per heavy atom. The molecular formula is C25H31N5O3S. The summed E-state index contributed by atoms with van der Waals surface area (Å²) in [6.07, 6.45) is 5.64. The number of amides is 1. The van der Waals surface area contributed by atoms with Crippen molar-refractivity contribution in [2.24, 2.45) is 5.92 Å². The van der Waals surface area contributed by atoms with Crippen LogP contribution in [0.3, 0.4) is 0 Å². The lowest BCUT2D eigenvalue weighted by molar-refractivity contribution is -0.116. The molecule has 0 bridgehead atoms. The number of anilines is 2. The lowest BCUT2D eigenvalue weighted by atomic mass is 10.1. The molecule has 8 nitrogen and oxygen atoms in total. The predicted molar refractivity (Wildman–Crippen MR) is 133 cm³/mol. The van der Waals surface area contributed by atoms with Crippen molar-refractivity contribution in [3.8, 4) is 0 Å². The summed E-state index contributed by atoms with van der Waals surface area (Å²) in [5.74, 6) is 2.16. The number of nitrogens with one attached hydrogen (secondary N) is 1. The van der Waals surface area contributed by atoms with E-state index in [0.717, 1.165) is 37.6 Å². The molecule has 34 heavy (non-hydrogen) atoms. The quantitative estimate of drug-likeness (QED) is 0.326. The van der Waals surface area contributed by atoms with Crippen LogP contribution in [-0.2, 0) is 11.3 Å². The summed E-state index contributed by atoms with van der Waals surface area (Å²) in [5, 5.41) is 12.4. The summed E-state index contributed by atoms with van der Waals surface area (Å²) in [5.41, 5.74) is 1.29. The summed E-state index contributed by atoms with van der Waals surface area (Å²) >= 11 is 1.38. The summed E-state index contributed by atoms with van der Waals surface area (Å²) in [4.78, 5) is 27.1. The highest BCUT2D eigenvalue weighted by molar-refractivity contribution is 7.99. The molecular weight excluding hydrogens is 450 g/mol. The average molecular weight is 482 g/mol. The van der Waals surface area contributed by atoms with Crippen LogP contribution in [0.2, 0.25) is 0 Å². The van der Waals surface area contributed by atoms with Gasteiger partial charge in [0.15, 0.2) is 10.9 Å². The first kappa shape index (κ1) is 24.1. The summed E-state index contributed by atoms with van der Waals surface area (Å²) < 4.78 is 7.59. The van der Waals surface area contributed by atoms with Crippen molar-refractivity contribution >= 4 is 35.1 Å². The smallest absolute Gasteiger partial charge is 0.228 e. The minimum Gasteiger partial charge on any atom is -0.467 e. The number of carbonyl (C=O) groups is 2. The van der Waals surface area contributed by atoms with E-state index >= 15 is 0 Å². The highest BCUT2D eigenvalue weighted by atomic mass is 32.2. The molecule has 1 fully saturated rings. The number of carbonyl (C=O) groups excluding carboxylic acids is 2. The molecule has 0 unspecified atom stereocenters. The van der Waals surface area contributed by atoms with Crippen molar-refractivity contribution < 1.29 is 14.0 Å². The maximum absolute atomic E-state index is 12.8. The largest absolute Gasteiger partial charge is 0.467 e. The molecule has 3 aromatic rings. The number of rotatable bonds is 10. The van der Waals surface area contributed by atoms with E-state index in [2.05, 4.69) is 20.4 Å². The minimum atomic E-state index is -0.0231. The molecule has 0 atom stereocenters. The van der Waals surface area contributed by atoms with Crippen LogP contribution in [0.5, 0.6) is 0 Å². The molecule has 1 aliphatic heterocycles. The zero-order chi connectivity index (χ0) is 23.9. The predicted octanol–water partition coefficient (Wildman–Crippen LogP) is 4.87. The second-order valence-corrected chi connectivity index (χ2v) is 9.87. The van der Waals surface area contributed by atoms with Crippen LogP contribution in [-0.4, -0.2) is 45.3 Å². The monoisotopic (exact) mass is 481 g/mol. The van der Waals surface area contributed by atoms with Gasteiger partial charge >= 0.3 is 0 Å². The molecule has 0 radical (unpaired) electrons. The summed E-state index contributed by atoms with van der Waals surface area (Å²) in [6, 6.07) is 10.8. The Hall–Kier alpha value is -3.07. The number of nitrogens with zero attached hydrogens (tertiary/aromatic N) is 4. The molecule has 1 N–H and O–H groups in total. The van der Waals surface area contributed by atoms with Crippen molar-refractivity contribution in [1.29, 1.82) is 0 Å². The maximum atomic E-state index is 12.8. The molecule has 3 heterocycles. The van der Waals surface area contributed by atoms with E-state index in [-0.39, 0.29) is 17.4 Å². The average Bonchev–Trinajstić information content (AvgIpc) is 3.48. The SMILES string of the molecule is CC(C)CC(=O)Nc1ccc(C(=O)CSc2nnc(N3CCCCC3)n2Cc2ccco2)cc1. The van der Waals surface area contributed by atoms with E-state index in [1.165, 1.54) is 18.2 Å². The van der Waals surface area contributed by atoms with Crippen LogP contribution >= 0.6 is 11.8 Å². The normalized spacial score (nSPS) is 13.9. The second kappa shape index (κ2) is 11.4. The highest BCUT2D eigenvalue weighted by Crippen LogP contribution is 2.26. The number of ketones is 1. The van der Waals surface area contributed by atoms with Gasteiger partial charge < -0.3 is 14.6 Å². The number of benzene rings is 1. The molecule has 180 valence electrons. The highest BCUT2D eigenvalue weighted by Gasteiger charge is 2.22. The third kappa shape index (κ3) is 6.28. The standard InChI is InChI=1S/C25H31N5O3S/c1-18(2)15-23(32)26-20-10-8-19(9-11-20)22(31)17-34-25-28-27-24(29-12-4-3-5-13-29)30(25)16-21-7-6-14-33-21/h6-11,14,18H,3-5,12-13,15-17H2,1-2H3,(H,26,32). The molecule has 0 spiro atoms. The Morgan fingerprint density at radius 3 is 2.53 bits per heavy atom. The first-order valence-electron chi connectivity index (χ1n) is 11.8. The number of furan rings is 1. The van der Waals surface area contributed by atoms with Crippen LogP contribution in [0.15, 0.2) is 52.2 Å². The lowest BCUT2D eigenvalue weighted by Gasteiger charge is -2.27. The van der Waals surface area contributed by atoms with Crippen LogP contribution in [0, 0.1) is 5.92 Å². The Bertz CT molecular complexity index is 1090. The number of piperidine rings is 1. The number of aromatic nitrogens is 3. The van der Waals surface area contributed by atoms with E-state index in [9.17, 15) is 9.59 Å². The molecule has 1 saturated heterocycles. The maximum Gasteiger partial charge on any atom is 0.228 e. The van der Waals surface area contributed by atoms with Gasteiger partial charge in [0.25, 0.3) is 0 Å². The third-order valence-corrected chi connectivity index (χ3v) is 6.61. The Labute approximate surface area is 204 Å². The number of thioether (sulfide) groups is 1. The van der Waals surface area contributed by atoms with Crippen LogP contribution in [0.25, 0.3) is 0 Å². The van der Waals surface area contributed by atoms with E-state index in [1.54, 1.807) is 30.5 Å². The van der Waals surface area contributed by atoms with Gasteiger partial charge in [0.05, 0.1) is 18.6 Å². The number of Topliss-reactive ketones (excluding diaryl/α,β-unsaturated/α-hetero) is 1. The van der Waals surface area contributed by atoms with Gasteiger partial charge in [-0.1, -0.05) is 25.6 Å². The minimum absolute atomic E-state index is 0.00266. The zero-order valence-electron chi connectivity index (χ0n) is 19.7. The van der Waals surface area contributed by atoms with E-state index in [4.69, 9.17) is 4.42 Å². The number of hydrogen-bond donors (Lipinski definition) is 1. The Kier molecular flexibility index (Phi) is 8.05. The van der Waals surface area contributed by atoms with Crippen molar-refractivity contribution in [3.63, 3.8) is 0 Å². The van der Waals surface area contributed by atoms with Crippen molar-refractivity contribution in [1.82, 2.24) is 14.8 Å². The zero-order valence-corrected chi connectivity index (χ0v) is 20.5.